The van der Waals surface area contributed by atoms with Gasteiger partial charge in [-0.05, 0) is 49.6 Å². The number of amides is 2. The first-order valence-corrected chi connectivity index (χ1v) is 14.7. The van der Waals surface area contributed by atoms with Gasteiger partial charge in [0.15, 0.2) is 24.2 Å². The van der Waals surface area contributed by atoms with Gasteiger partial charge in [-0.15, -0.1) is 0 Å². The quantitative estimate of drug-likeness (QED) is 0.102. The van der Waals surface area contributed by atoms with Gasteiger partial charge in [-0.1, -0.05) is 101 Å². The lowest BCUT2D eigenvalue weighted by molar-refractivity contribution is -0.189. The van der Waals surface area contributed by atoms with Crippen molar-refractivity contribution in [2.75, 3.05) is 4.43 Å². The highest BCUT2D eigenvalue weighted by molar-refractivity contribution is 14.1. The molecular weight excluding hydrogens is 635 g/mol. The average molecular weight is 667 g/mol. The summed E-state index contributed by atoms with van der Waals surface area (Å²) in [5.41, 5.74) is 2.40. The fraction of sp³-hybridized carbons (Fsp3) is 0.250. The number of Topliss-reactive ketones (excluding diaryl/α,β-unsaturated/α-hetero) is 1. The van der Waals surface area contributed by atoms with Crippen molar-refractivity contribution < 1.29 is 28.7 Å². The van der Waals surface area contributed by atoms with Crippen LogP contribution < -0.4 is 5.32 Å². The Morgan fingerprint density at radius 3 is 1.88 bits per heavy atom. The monoisotopic (exact) mass is 666 g/mol. The van der Waals surface area contributed by atoms with Crippen molar-refractivity contribution in [3.63, 3.8) is 0 Å². The number of nitrogens with one attached hydrogen (secondary N) is 1. The lowest BCUT2D eigenvalue weighted by Gasteiger charge is -2.47. The Hall–Kier alpha value is -3.83. The van der Waals surface area contributed by atoms with E-state index in [-0.39, 0.29) is 15.9 Å². The molecule has 0 aliphatic carbocycles. The number of hydrogen-bond acceptors (Lipinski definition) is 6. The normalized spacial score (nSPS) is 16.9. The van der Waals surface area contributed by atoms with Gasteiger partial charge >= 0.3 is 5.97 Å². The van der Waals surface area contributed by atoms with E-state index in [0.717, 1.165) is 11.1 Å². The van der Waals surface area contributed by atoms with E-state index in [1.807, 2.05) is 83.3 Å². The van der Waals surface area contributed by atoms with Crippen molar-refractivity contribution in [3.05, 3.63) is 119 Å². The summed E-state index contributed by atoms with van der Waals surface area (Å²) in [6.45, 7) is 4.96. The van der Waals surface area contributed by atoms with Crippen molar-refractivity contribution in [1.29, 1.82) is 0 Å². The first-order chi connectivity index (χ1) is 19.7. The third-order valence-corrected chi connectivity index (χ3v) is 7.38. The summed E-state index contributed by atoms with van der Waals surface area (Å²) >= 11 is 1.94. The van der Waals surface area contributed by atoms with Gasteiger partial charge in [0.25, 0.3) is 11.8 Å². The zero-order valence-corrected chi connectivity index (χ0v) is 25.1. The van der Waals surface area contributed by atoms with Crippen LogP contribution in [0.3, 0.4) is 0 Å². The summed E-state index contributed by atoms with van der Waals surface area (Å²) in [4.78, 5) is 53.8. The molecular formula is C32H31IN2O6. The van der Waals surface area contributed by atoms with Crippen LogP contribution in [0.5, 0.6) is 0 Å². The van der Waals surface area contributed by atoms with Crippen LogP contribution in [0.25, 0.3) is 0 Å². The Bertz CT molecular complexity index is 1380. The van der Waals surface area contributed by atoms with Gasteiger partial charge in [0.2, 0.25) is 0 Å². The number of carbonyl (C=O) groups excluding carboxylic acids is 4. The Labute approximate surface area is 252 Å². The lowest BCUT2D eigenvalue weighted by Crippen LogP contribution is -2.72. The first kappa shape index (κ1) is 30.1. The largest absolute Gasteiger partial charge is 0.448 e. The highest BCUT2D eigenvalue weighted by Gasteiger charge is 2.54. The number of likely N-dealkylation sites (tertiary alicyclic amines) is 1. The van der Waals surface area contributed by atoms with Crippen LogP contribution in [0.4, 0.5) is 0 Å². The van der Waals surface area contributed by atoms with Crippen molar-refractivity contribution in [2.24, 2.45) is 0 Å². The molecule has 2 amide bonds. The molecule has 0 unspecified atom stereocenters. The van der Waals surface area contributed by atoms with Crippen LogP contribution in [-0.4, -0.2) is 51.3 Å². The Morgan fingerprint density at radius 1 is 0.878 bits per heavy atom. The van der Waals surface area contributed by atoms with Gasteiger partial charge in [-0.2, -0.15) is 0 Å². The number of rotatable bonds is 11. The van der Waals surface area contributed by atoms with Gasteiger partial charge < -0.3 is 14.8 Å². The molecule has 1 N–H and O–H groups in total. The molecule has 1 heterocycles. The molecule has 1 saturated heterocycles. The van der Waals surface area contributed by atoms with E-state index in [4.69, 9.17) is 9.47 Å². The molecule has 8 nitrogen and oxygen atoms in total. The van der Waals surface area contributed by atoms with E-state index in [1.165, 1.54) is 4.90 Å². The van der Waals surface area contributed by atoms with Crippen LogP contribution in [0.2, 0.25) is 0 Å². The second-order valence-electron chi connectivity index (χ2n) is 9.75. The van der Waals surface area contributed by atoms with Gasteiger partial charge in [-0.3, -0.25) is 19.3 Å². The summed E-state index contributed by atoms with van der Waals surface area (Å²) in [5.74, 6) is -1.94. The van der Waals surface area contributed by atoms with Crippen molar-refractivity contribution in [1.82, 2.24) is 10.2 Å². The number of hydrogen-bond donors (Lipinski definition) is 1. The molecule has 0 spiro atoms. The molecule has 0 radical (unpaired) electrons. The van der Waals surface area contributed by atoms with E-state index >= 15 is 0 Å². The lowest BCUT2D eigenvalue weighted by atomic mass is 9.99. The average Bonchev–Trinajstić information content (AvgIpc) is 3.00. The maximum atomic E-state index is 13.8. The van der Waals surface area contributed by atoms with Gasteiger partial charge in [0.1, 0.15) is 11.8 Å². The van der Waals surface area contributed by atoms with Crippen LogP contribution in [0.1, 0.15) is 48.4 Å². The molecule has 9 heteroatoms. The molecule has 1 aliphatic heterocycles. The number of alkyl halides is 1. The number of ketones is 1. The third-order valence-electron chi connectivity index (χ3n) is 6.63. The second kappa shape index (κ2) is 13.7. The minimum Gasteiger partial charge on any atom is -0.448 e. The fourth-order valence-corrected chi connectivity index (χ4v) is 5.09. The van der Waals surface area contributed by atoms with Crippen LogP contribution in [0, 0.1) is 0 Å². The number of esters is 1. The van der Waals surface area contributed by atoms with E-state index in [2.05, 4.69) is 5.32 Å². The number of β-lactam (4-membered cyclic amide) rings is 1. The summed E-state index contributed by atoms with van der Waals surface area (Å²) in [6, 6.07) is 26.0. The number of allylic oxidation sites excluding steroid dienone is 1. The van der Waals surface area contributed by atoms with Gasteiger partial charge in [0.05, 0.1) is 4.43 Å². The summed E-state index contributed by atoms with van der Waals surface area (Å²) in [5, 5.41) is 2.71. The highest BCUT2D eigenvalue weighted by Crippen LogP contribution is 2.33. The standard InChI is InChI=1S/C32H31IN2O6/c1-20(2)27(32(39)41-28(22-13-7-4-8-14-22)23-15-9-5-10-16-23)35-30(38)26(31(35)40-21(3)25(36)19-33)34-29(37)24-17-11-6-12-18-24/h4-18,21,26,28,31H,19H2,1-3H3,(H,34,37)/t21-,26-,31+/m0/s1. The molecule has 0 bridgehead atoms. The molecule has 1 fully saturated rings. The molecule has 0 saturated carbocycles. The Kier molecular flexibility index (Phi) is 10.1. The Morgan fingerprint density at radius 2 is 1.39 bits per heavy atom. The number of nitrogens with zero attached hydrogens (tertiary/aromatic N) is 1. The third kappa shape index (κ3) is 6.91. The second-order valence-corrected chi connectivity index (χ2v) is 10.5. The smallest absolute Gasteiger partial charge is 0.356 e. The predicted octanol–water partition coefficient (Wildman–Crippen LogP) is 4.99. The molecule has 1 aliphatic rings. The van der Waals surface area contributed by atoms with Crippen LogP contribution >= 0.6 is 22.6 Å². The van der Waals surface area contributed by atoms with Crippen LogP contribution in [-0.2, 0) is 23.9 Å². The molecule has 3 aromatic rings. The van der Waals surface area contributed by atoms with Gasteiger partial charge in [-0.25, -0.2) is 4.79 Å². The van der Waals surface area contributed by atoms with Crippen LogP contribution in [0.15, 0.2) is 102 Å². The van der Waals surface area contributed by atoms with Crippen molar-refractivity contribution >= 4 is 46.2 Å². The zero-order valence-electron chi connectivity index (χ0n) is 23.0. The number of halogens is 1. The first-order valence-electron chi connectivity index (χ1n) is 13.1. The van der Waals surface area contributed by atoms with Crippen molar-refractivity contribution in [2.45, 2.75) is 45.2 Å². The van der Waals surface area contributed by atoms with Crippen molar-refractivity contribution in [3.8, 4) is 0 Å². The minimum absolute atomic E-state index is 0.00352. The predicted molar refractivity (Wildman–Crippen MR) is 162 cm³/mol. The topological polar surface area (TPSA) is 102 Å². The molecule has 212 valence electrons. The number of benzene rings is 3. The number of ether oxygens (including phenoxy) is 2. The maximum Gasteiger partial charge on any atom is 0.356 e. The summed E-state index contributed by atoms with van der Waals surface area (Å²) in [6.07, 6.45) is -2.70. The number of carbonyl (C=O) groups is 4. The maximum absolute atomic E-state index is 13.8. The molecule has 0 aromatic heterocycles. The molecule has 3 atom stereocenters. The van der Waals surface area contributed by atoms with E-state index in [0.29, 0.717) is 11.1 Å². The van der Waals surface area contributed by atoms with Gasteiger partial charge in [0, 0.05) is 5.56 Å². The molecule has 4 rings (SSSR count). The fourth-order valence-electron chi connectivity index (χ4n) is 4.47. The Balaban J connectivity index is 1.64. The zero-order chi connectivity index (χ0) is 29.5. The SMILES string of the molecule is CC(C)=C(C(=O)OC(c1ccccc1)c1ccccc1)N1C(=O)[C@H](NC(=O)c2ccccc2)[C@H]1O[C@@H](C)C(=O)CI. The highest BCUT2D eigenvalue weighted by atomic mass is 127. The van der Waals surface area contributed by atoms with E-state index in [1.54, 1.807) is 51.1 Å². The summed E-state index contributed by atoms with van der Waals surface area (Å²) in [7, 11) is 0. The van der Waals surface area contributed by atoms with E-state index in [9.17, 15) is 19.2 Å². The minimum atomic E-state index is -1.10. The molecule has 41 heavy (non-hydrogen) atoms. The summed E-state index contributed by atoms with van der Waals surface area (Å²) < 4.78 is 12.3. The van der Waals surface area contributed by atoms with E-state index < -0.39 is 42.3 Å². The molecule has 3 aromatic carbocycles.